The average molecular weight is 453 g/mol. The second kappa shape index (κ2) is 13.3. The van der Waals surface area contributed by atoms with Crippen molar-refractivity contribution in [1.82, 2.24) is 0 Å². The third kappa shape index (κ3) is 7.34. The minimum atomic E-state index is -0.283. The van der Waals surface area contributed by atoms with E-state index in [1.165, 1.54) is 12.2 Å². The molecule has 0 aliphatic carbocycles. The molecule has 0 bridgehead atoms. The van der Waals surface area contributed by atoms with Gasteiger partial charge in [-0.05, 0) is 65.4 Å². The summed E-state index contributed by atoms with van der Waals surface area (Å²) in [5.41, 5.74) is 3.09. The first-order valence-electron chi connectivity index (χ1n) is 10.9. The summed E-state index contributed by atoms with van der Waals surface area (Å²) in [5, 5.41) is 29.4. The second-order valence-electron chi connectivity index (χ2n) is 7.46. The highest BCUT2D eigenvalue weighted by atomic mass is 16.5. The number of ether oxygens (including phenoxy) is 2. The minimum absolute atomic E-state index is 0.0837. The van der Waals surface area contributed by atoms with E-state index in [1.54, 1.807) is 56.7 Å². The molecule has 33 heavy (non-hydrogen) atoms. The van der Waals surface area contributed by atoms with Gasteiger partial charge >= 0.3 is 0 Å². The monoisotopic (exact) mass is 452 g/mol. The van der Waals surface area contributed by atoms with Crippen LogP contribution in [0.4, 0.5) is 0 Å². The smallest absolute Gasteiger partial charge is 0.185 e. The van der Waals surface area contributed by atoms with Crippen LogP contribution in [0.15, 0.2) is 59.9 Å². The van der Waals surface area contributed by atoms with Gasteiger partial charge in [0.2, 0.25) is 0 Å². The highest BCUT2D eigenvalue weighted by Crippen LogP contribution is 2.28. The molecule has 0 unspecified atom stereocenters. The lowest BCUT2D eigenvalue weighted by Gasteiger charge is -2.08. The number of unbranched alkanes of at least 4 members (excludes halogenated alkanes) is 1. The molecule has 2 rings (SSSR count). The number of ketones is 1. The van der Waals surface area contributed by atoms with Crippen molar-refractivity contribution < 1.29 is 29.6 Å². The van der Waals surface area contributed by atoms with Crippen molar-refractivity contribution in [1.29, 1.82) is 0 Å². The zero-order chi connectivity index (χ0) is 24.2. The number of rotatable bonds is 12. The van der Waals surface area contributed by atoms with Gasteiger partial charge in [0.25, 0.3) is 0 Å². The molecule has 0 radical (unpaired) electrons. The van der Waals surface area contributed by atoms with Crippen LogP contribution in [0, 0.1) is 0 Å². The summed E-state index contributed by atoms with van der Waals surface area (Å²) in [6, 6.07) is 10.6. The molecule has 0 aromatic heterocycles. The van der Waals surface area contributed by atoms with Crippen molar-refractivity contribution in [2.45, 2.75) is 39.4 Å². The van der Waals surface area contributed by atoms with Crippen LogP contribution in [0.1, 0.15) is 48.4 Å². The fraction of sp³-hybridized carbons (Fsp3) is 0.296. The maximum Gasteiger partial charge on any atom is 0.185 e. The number of hydrogen-bond acceptors (Lipinski definition) is 6. The highest BCUT2D eigenvalue weighted by Gasteiger charge is 2.12. The molecule has 2 aromatic rings. The Labute approximate surface area is 195 Å². The topological polar surface area (TPSA) is 96.2 Å². The maximum absolute atomic E-state index is 12.9. The van der Waals surface area contributed by atoms with Crippen molar-refractivity contribution in [3.05, 3.63) is 82.1 Å². The molecule has 3 N–H and O–H groups in total. The van der Waals surface area contributed by atoms with Gasteiger partial charge in [-0.1, -0.05) is 43.7 Å². The number of allylic oxidation sites excluding steroid dienone is 3. The van der Waals surface area contributed by atoms with Crippen LogP contribution in [0.2, 0.25) is 0 Å². The van der Waals surface area contributed by atoms with Crippen LogP contribution in [0.5, 0.6) is 11.5 Å². The second-order valence-corrected chi connectivity index (χ2v) is 7.46. The normalized spacial score (nSPS) is 12.3. The van der Waals surface area contributed by atoms with Crippen LogP contribution in [0.25, 0.3) is 12.2 Å². The van der Waals surface area contributed by atoms with Crippen molar-refractivity contribution in [2.75, 3.05) is 14.2 Å². The maximum atomic E-state index is 12.9. The number of carbonyl (C=O) groups is 1. The van der Waals surface area contributed by atoms with E-state index in [2.05, 4.69) is 0 Å². The number of methoxy groups -OCH3 is 2. The molecule has 0 spiro atoms. The van der Waals surface area contributed by atoms with E-state index < -0.39 is 0 Å². The number of aliphatic hydroxyl groups excluding tert-OH is 3. The van der Waals surface area contributed by atoms with Crippen LogP contribution >= 0.6 is 0 Å². The van der Waals surface area contributed by atoms with E-state index in [-0.39, 0.29) is 24.8 Å². The summed E-state index contributed by atoms with van der Waals surface area (Å²) in [6.45, 7) is 1.66. The van der Waals surface area contributed by atoms with E-state index in [1.807, 2.05) is 13.0 Å². The van der Waals surface area contributed by atoms with Gasteiger partial charge in [-0.3, -0.25) is 4.79 Å². The van der Waals surface area contributed by atoms with Crippen LogP contribution in [-0.2, 0) is 18.0 Å². The van der Waals surface area contributed by atoms with Gasteiger partial charge in [-0.25, -0.2) is 0 Å². The summed E-state index contributed by atoms with van der Waals surface area (Å²) in [7, 11) is 3.12. The largest absolute Gasteiger partial charge is 0.508 e. The van der Waals surface area contributed by atoms with E-state index in [9.17, 15) is 20.1 Å². The highest BCUT2D eigenvalue weighted by molar-refractivity contribution is 6.06. The molecule has 0 saturated heterocycles. The molecular weight excluding hydrogens is 420 g/mol. The molecule has 0 fully saturated rings. The summed E-state index contributed by atoms with van der Waals surface area (Å²) in [5.74, 6) is 0.812. The van der Waals surface area contributed by atoms with E-state index in [4.69, 9.17) is 9.47 Å². The third-order valence-corrected chi connectivity index (χ3v) is 5.23. The molecule has 0 aliphatic heterocycles. The molecule has 6 nitrogen and oxygen atoms in total. The molecule has 0 aliphatic rings. The zero-order valence-electron chi connectivity index (χ0n) is 19.4. The van der Waals surface area contributed by atoms with Gasteiger partial charge in [0, 0.05) is 5.57 Å². The Morgan fingerprint density at radius 1 is 0.879 bits per heavy atom. The Kier molecular flexibility index (Phi) is 10.4. The first-order valence-corrected chi connectivity index (χ1v) is 10.9. The van der Waals surface area contributed by atoms with Gasteiger partial charge in [-0.15, -0.1) is 0 Å². The van der Waals surface area contributed by atoms with Crippen molar-refractivity contribution in [3.63, 3.8) is 0 Å². The van der Waals surface area contributed by atoms with Crippen molar-refractivity contribution in [3.8, 4) is 11.5 Å². The molecular formula is C27H32O6. The predicted octanol–water partition coefficient (Wildman–Crippen LogP) is 4.99. The summed E-state index contributed by atoms with van der Waals surface area (Å²) < 4.78 is 10.5. The van der Waals surface area contributed by atoms with Crippen LogP contribution in [0.3, 0.4) is 0 Å². The van der Waals surface area contributed by atoms with E-state index >= 15 is 0 Å². The Bertz CT molecular complexity index is 1030. The van der Waals surface area contributed by atoms with Gasteiger partial charge in [0.1, 0.15) is 5.76 Å². The molecule has 176 valence electrons. The van der Waals surface area contributed by atoms with Gasteiger partial charge < -0.3 is 24.8 Å². The molecule has 2 aromatic carbocycles. The Balaban J connectivity index is 2.28. The SMILES string of the molecule is CCCC/C(C(=O)/C=C/c1ccc(CO)c(CO)c1)=C(O)\C=C\c1ccc(OC)c(OC)c1. The lowest BCUT2D eigenvalue weighted by Crippen LogP contribution is -2.03. The third-order valence-electron chi connectivity index (χ3n) is 5.23. The summed E-state index contributed by atoms with van der Waals surface area (Å²) >= 11 is 0. The Morgan fingerprint density at radius 3 is 2.15 bits per heavy atom. The summed E-state index contributed by atoms with van der Waals surface area (Å²) in [4.78, 5) is 12.9. The van der Waals surface area contributed by atoms with Gasteiger partial charge in [0.15, 0.2) is 17.3 Å². The zero-order valence-corrected chi connectivity index (χ0v) is 19.4. The number of carbonyl (C=O) groups excluding carboxylic acids is 1. The molecule has 0 heterocycles. The molecule has 0 saturated carbocycles. The van der Waals surface area contributed by atoms with Crippen molar-refractivity contribution >= 4 is 17.9 Å². The fourth-order valence-corrected chi connectivity index (χ4v) is 3.29. The number of aliphatic hydroxyl groups is 3. The Hall–Kier alpha value is -3.35. The fourth-order valence-electron chi connectivity index (χ4n) is 3.29. The lowest BCUT2D eigenvalue weighted by molar-refractivity contribution is -0.111. The number of hydrogen-bond donors (Lipinski definition) is 3. The molecule has 0 atom stereocenters. The predicted molar refractivity (Wildman–Crippen MR) is 130 cm³/mol. The first kappa shape index (κ1) is 25.9. The lowest BCUT2D eigenvalue weighted by atomic mass is 10.00. The summed E-state index contributed by atoms with van der Waals surface area (Å²) in [6.07, 6.45) is 8.38. The van der Waals surface area contributed by atoms with Crippen molar-refractivity contribution in [2.24, 2.45) is 0 Å². The standard InChI is InChI=1S/C27H32O6/c1-4-5-6-23(24(30)12-8-19-7-11-21(17-28)22(15-19)18-29)25(31)13-9-20-10-14-26(32-2)27(16-20)33-3/h7-16,28-29,31H,4-6,17-18H2,1-3H3/b12-8+,13-9+,25-23-. The quantitative estimate of drug-likeness (QED) is 0.239. The Morgan fingerprint density at radius 2 is 1.52 bits per heavy atom. The van der Waals surface area contributed by atoms with Gasteiger partial charge in [0.05, 0.1) is 27.4 Å². The molecule has 6 heteroatoms. The van der Waals surface area contributed by atoms with Gasteiger partial charge in [-0.2, -0.15) is 0 Å². The first-order chi connectivity index (χ1) is 16.0. The van der Waals surface area contributed by atoms with Crippen LogP contribution < -0.4 is 9.47 Å². The molecule has 0 amide bonds. The van der Waals surface area contributed by atoms with Crippen LogP contribution in [-0.4, -0.2) is 35.3 Å². The van der Waals surface area contributed by atoms with E-state index in [0.29, 0.717) is 34.6 Å². The average Bonchev–Trinajstić information content (AvgIpc) is 2.85. The van der Waals surface area contributed by atoms with E-state index in [0.717, 1.165) is 24.0 Å². The number of benzene rings is 2. The minimum Gasteiger partial charge on any atom is -0.508 e.